The van der Waals surface area contributed by atoms with Gasteiger partial charge in [0.15, 0.2) is 0 Å². The summed E-state index contributed by atoms with van der Waals surface area (Å²) in [7, 11) is 3.62. The summed E-state index contributed by atoms with van der Waals surface area (Å²) in [6.45, 7) is 7.41. The van der Waals surface area contributed by atoms with Crippen LogP contribution in [0.5, 0.6) is 0 Å². The van der Waals surface area contributed by atoms with Crippen molar-refractivity contribution in [1.29, 1.82) is 0 Å². The van der Waals surface area contributed by atoms with Crippen molar-refractivity contribution in [3.8, 4) is 0 Å². The number of carbonyl (C=O) groups is 1. The fourth-order valence-corrected chi connectivity index (χ4v) is 2.79. The molecule has 100 valence electrons. The van der Waals surface area contributed by atoms with Crippen LogP contribution in [0, 0.1) is 11.3 Å². The van der Waals surface area contributed by atoms with Crippen LogP contribution in [0.4, 0.5) is 0 Å². The number of nitrogens with zero attached hydrogens (tertiary/aromatic N) is 1. The average Bonchev–Trinajstić information content (AvgIpc) is 2.24. The van der Waals surface area contributed by atoms with E-state index >= 15 is 0 Å². The van der Waals surface area contributed by atoms with Gasteiger partial charge in [0.2, 0.25) is 5.91 Å². The van der Waals surface area contributed by atoms with Gasteiger partial charge in [0, 0.05) is 20.1 Å². The standard InChI is InChI=1S/C14H28N2O/c1-14(2,3)11-8-6-7-9-12(11)15-10-13(17)16(4)5/h11-12,15H,6-10H2,1-5H3/t11-,12+/m0/s1. The van der Waals surface area contributed by atoms with Gasteiger partial charge in [0.1, 0.15) is 0 Å². The molecular weight excluding hydrogens is 212 g/mol. The van der Waals surface area contributed by atoms with E-state index in [0.717, 1.165) is 0 Å². The van der Waals surface area contributed by atoms with Crippen LogP contribution >= 0.6 is 0 Å². The number of hydrogen-bond donors (Lipinski definition) is 1. The van der Waals surface area contributed by atoms with Gasteiger partial charge in [-0.05, 0) is 24.2 Å². The van der Waals surface area contributed by atoms with Gasteiger partial charge >= 0.3 is 0 Å². The second kappa shape index (κ2) is 5.85. The number of rotatable bonds is 3. The quantitative estimate of drug-likeness (QED) is 0.821. The van der Waals surface area contributed by atoms with E-state index in [9.17, 15) is 4.79 Å². The average molecular weight is 240 g/mol. The topological polar surface area (TPSA) is 32.3 Å². The van der Waals surface area contributed by atoms with Gasteiger partial charge in [-0.2, -0.15) is 0 Å². The Hall–Kier alpha value is -0.570. The first-order valence-electron chi connectivity index (χ1n) is 6.76. The molecule has 1 rings (SSSR count). The fraction of sp³-hybridized carbons (Fsp3) is 0.929. The first-order chi connectivity index (χ1) is 7.82. The molecule has 0 aromatic carbocycles. The molecule has 0 aromatic heterocycles. The predicted molar refractivity (Wildman–Crippen MR) is 71.9 cm³/mol. The Bertz CT molecular complexity index is 255. The third-order valence-corrected chi connectivity index (χ3v) is 3.89. The van der Waals surface area contributed by atoms with Crippen LogP contribution in [0.1, 0.15) is 46.5 Å². The highest BCUT2D eigenvalue weighted by molar-refractivity contribution is 5.77. The number of nitrogens with one attached hydrogen (secondary N) is 1. The van der Waals surface area contributed by atoms with Gasteiger partial charge in [0.05, 0.1) is 6.54 Å². The van der Waals surface area contributed by atoms with Gasteiger partial charge in [0.25, 0.3) is 0 Å². The zero-order chi connectivity index (χ0) is 13.1. The van der Waals surface area contributed by atoms with Crippen LogP contribution in [0.2, 0.25) is 0 Å². The maximum absolute atomic E-state index is 11.6. The molecule has 1 saturated carbocycles. The number of amides is 1. The van der Waals surface area contributed by atoms with E-state index in [1.54, 1.807) is 4.90 Å². The Morgan fingerprint density at radius 3 is 2.35 bits per heavy atom. The molecule has 3 nitrogen and oxygen atoms in total. The first-order valence-corrected chi connectivity index (χ1v) is 6.76. The Kier molecular flexibility index (Phi) is 4.99. The summed E-state index contributed by atoms with van der Waals surface area (Å²) in [5, 5.41) is 3.47. The van der Waals surface area contributed by atoms with Gasteiger partial charge in [-0.15, -0.1) is 0 Å². The Morgan fingerprint density at radius 1 is 1.24 bits per heavy atom. The first kappa shape index (κ1) is 14.5. The lowest BCUT2D eigenvalue weighted by molar-refractivity contribution is -0.128. The molecule has 0 aromatic rings. The second-order valence-corrected chi connectivity index (χ2v) is 6.53. The van der Waals surface area contributed by atoms with Gasteiger partial charge in [-0.25, -0.2) is 0 Å². The van der Waals surface area contributed by atoms with E-state index in [2.05, 4.69) is 26.1 Å². The third kappa shape index (κ3) is 4.30. The smallest absolute Gasteiger partial charge is 0.236 e. The molecule has 0 radical (unpaired) electrons. The minimum Gasteiger partial charge on any atom is -0.348 e. The molecule has 17 heavy (non-hydrogen) atoms. The molecule has 0 aliphatic heterocycles. The number of hydrogen-bond acceptors (Lipinski definition) is 2. The molecule has 1 aliphatic carbocycles. The second-order valence-electron chi connectivity index (χ2n) is 6.53. The van der Waals surface area contributed by atoms with Crippen molar-refractivity contribution in [3.05, 3.63) is 0 Å². The minimum absolute atomic E-state index is 0.170. The van der Waals surface area contributed by atoms with E-state index in [-0.39, 0.29) is 5.91 Å². The molecule has 1 N–H and O–H groups in total. The molecule has 2 atom stereocenters. The number of likely N-dealkylation sites (N-methyl/N-ethyl adjacent to an activating group) is 1. The van der Waals surface area contributed by atoms with Gasteiger partial charge in [-0.3, -0.25) is 4.79 Å². The molecular formula is C14H28N2O. The summed E-state index contributed by atoms with van der Waals surface area (Å²) in [5.41, 5.74) is 0.333. The van der Waals surface area contributed by atoms with Crippen molar-refractivity contribution in [2.75, 3.05) is 20.6 Å². The maximum atomic E-state index is 11.6. The van der Waals surface area contributed by atoms with Crippen LogP contribution in [0.15, 0.2) is 0 Å². The van der Waals surface area contributed by atoms with Crippen molar-refractivity contribution in [3.63, 3.8) is 0 Å². The Balaban J connectivity index is 2.52. The lowest BCUT2D eigenvalue weighted by Crippen LogP contribution is -2.47. The highest BCUT2D eigenvalue weighted by Crippen LogP contribution is 2.37. The largest absolute Gasteiger partial charge is 0.348 e. The molecule has 0 heterocycles. The highest BCUT2D eigenvalue weighted by atomic mass is 16.2. The zero-order valence-electron chi connectivity index (χ0n) is 12.0. The summed E-state index contributed by atoms with van der Waals surface area (Å²) in [5.74, 6) is 0.856. The van der Waals surface area contributed by atoms with E-state index < -0.39 is 0 Å². The van der Waals surface area contributed by atoms with E-state index in [1.165, 1.54) is 25.7 Å². The summed E-state index contributed by atoms with van der Waals surface area (Å²) in [6.07, 6.45) is 5.13. The van der Waals surface area contributed by atoms with E-state index in [0.29, 0.717) is 23.9 Å². The zero-order valence-corrected chi connectivity index (χ0v) is 12.0. The molecule has 3 heteroatoms. The lowest BCUT2D eigenvalue weighted by Gasteiger charge is -2.41. The van der Waals surface area contributed by atoms with Crippen LogP contribution in [0.25, 0.3) is 0 Å². The predicted octanol–water partition coefficient (Wildman–Crippen LogP) is 2.27. The molecule has 0 spiro atoms. The third-order valence-electron chi connectivity index (χ3n) is 3.89. The van der Waals surface area contributed by atoms with Crippen molar-refractivity contribution in [1.82, 2.24) is 10.2 Å². The molecule has 1 aliphatic rings. The van der Waals surface area contributed by atoms with Crippen molar-refractivity contribution in [2.45, 2.75) is 52.5 Å². The van der Waals surface area contributed by atoms with Crippen LogP contribution in [-0.4, -0.2) is 37.5 Å². The normalized spacial score (nSPS) is 25.7. The molecule has 0 saturated heterocycles. The van der Waals surface area contributed by atoms with Gasteiger partial charge < -0.3 is 10.2 Å². The highest BCUT2D eigenvalue weighted by Gasteiger charge is 2.33. The summed E-state index contributed by atoms with van der Waals surface area (Å²) >= 11 is 0. The molecule has 1 fully saturated rings. The molecule has 0 bridgehead atoms. The van der Waals surface area contributed by atoms with E-state index in [1.807, 2.05) is 14.1 Å². The Morgan fingerprint density at radius 2 is 1.82 bits per heavy atom. The summed E-state index contributed by atoms with van der Waals surface area (Å²) in [4.78, 5) is 13.3. The lowest BCUT2D eigenvalue weighted by atomic mass is 9.69. The van der Waals surface area contributed by atoms with Crippen LogP contribution in [-0.2, 0) is 4.79 Å². The minimum atomic E-state index is 0.170. The summed E-state index contributed by atoms with van der Waals surface area (Å²) in [6, 6.07) is 0.507. The molecule has 0 unspecified atom stereocenters. The van der Waals surface area contributed by atoms with E-state index in [4.69, 9.17) is 0 Å². The monoisotopic (exact) mass is 240 g/mol. The SMILES string of the molecule is CN(C)C(=O)CN[C@@H]1CCCC[C@@H]1C(C)(C)C. The van der Waals surface area contributed by atoms with Crippen molar-refractivity contribution < 1.29 is 4.79 Å². The maximum Gasteiger partial charge on any atom is 0.236 e. The summed E-state index contributed by atoms with van der Waals surface area (Å²) < 4.78 is 0. The fourth-order valence-electron chi connectivity index (χ4n) is 2.79. The number of carbonyl (C=O) groups excluding carboxylic acids is 1. The van der Waals surface area contributed by atoms with Crippen molar-refractivity contribution in [2.24, 2.45) is 11.3 Å². The van der Waals surface area contributed by atoms with Crippen LogP contribution < -0.4 is 5.32 Å². The van der Waals surface area contributed by atoms with Crippen LogP contribution in [0.3, 0.4) is 0 Å². The van der Waals surface area contributed by atoms with Crippen molar-refractivity contribution >= 4 is 5.91 Å². The Labute approximate surface area is 106 Å². The molecule has 1 amide bonds. The van der Waals surface area contributed by atoms with Gasteiger partial charge in [-0.1, -0.05) is 33.6 Å².